The number of hydrogen-bond donors (Lipinski definition) is 2. The SMILES string of the molecule is [CH]NC(=O)c1ccccc1C(=O)O. The van der Waals surface area contributed by atoms with E-state index in [1.54, 1.807) is 6.07 Å². The van der Waals surface area contributed by atoms with Crippen LogP contribution in [-0.2, 0) is 0 Å². The van der Waals surface area contributed by atoms with Crippen molar-refractivity contribution in [3.8, 4) is 0 Å². The maximum absolute atomic E-state index is 11.0. The van der Waals surface area contributed by atoms with E-state index in [1.807, 2.05) is 5.32 Å². The Bertz CT molecular complexity index is 346. The summed E-state index contributed by atoms with van der Waals surface area (Å²) in [6, 6.07) is 5.84. The highest BCUT2D eigenvalue weighted by Gasteiger charge is 2.13. The van der Waals surface area contributed by atoms with E-state index in [9.17, 15) is 9.59 Å². The van der Waals surface area contributed by atoms with Crippen LogP contribution in [0.5, 0.6) is 0 Å². The first kappa shape index (κ1) is 9.25. The van der Waals surface area contributed by atoms with Gasteiger partial charge in [-0.05, 0) is 12.1 Å². The van der Waals surface area contributed by atoms with Crippen molar-refractivity contribution in [1.29, 1.82) is 0 Å². The summed E-state index contributed by atoms with van der Waals surface area (Å²) in [4.78, 5) is 21.7. The van der Waals surface area contributed by atoms with Crippen molar-refractivity contribution in [2.24, 2.45) is 0 Å². The second-order valence-corrected chi connectivity index (χ2v) is 2.32. The molecule has 0 fully saturated rings. The predicted molar refractivity (Wildman–Crippen MR) is 45.2 cm³/mol. The van der Waals surface area contributed by atoms with Crippen LogP contribution in [0, 0.1) is 7.05 Å². The number of rotatable bonds is 2. The van der Waals surface area contributed by atoms with Crippen molar-refractivity contribution >= 4 is 11.9 Å². The molecule has 4 heteroatoms. The first-order valence-corrected chi connectivity index (χ1v) is 3.50. The van der Waals surface area contributed by atoms with Crippen LogP contribution in [0.25, 0.3) is 0 Å². The van der Waals surface area contributed by atoms with E-state index in [4.69, 9.17) is 12.2 Å². The van der Waals surface area contributed by atoms with Gasteiger partial charge in [0.05, 0.1) is 18.2 Å². The van der Waals surface area contributed by atoms with E-state index in [0.29, 0.717) is 0 Å². The topological polar surface area (TPSA) is 66.4 Å². The predicted octanol–water partition coefficient (Wildman–Crippen LogP) is 0.783. The standard InChI is InChI=1S/C9H7NO3/c1-10-8(11)6-4-2-3-5-7(6)9(12)13/h1-5H,(H,10,11)(H,12,13). The Labute approximate surface area is 75.2 Å². The van der Waals surface area contributed by atoms with E-state index in [-0.39, 0.29) is 11.1 Å². The highest BCUT2D eigenvalue weighted by atomic mass is 16.4. The highest BCUT2D eigenvalue weighted by Crippen LogP contribution is 2.07. The lowest BCUT2D eigenvalue weighted by Crippen LogP contribution is -2.19. The second kappa shape index (κ2) is 3.71. The second-order valence-electron chi connectivity index (χ2n) is 2.32. The van der Waals surface area contributed by atoms with E-state index in [0.717, 1.165) is 0 Å². The molecule has 13 heavy (non-hydrogen) atoms. The molecule has 1 rings (SSSR count). The first-order chi connectivity index (χ1) is 6.16. The maximum atomic E-state index is 11.0. The molecule has 1 aromatic carbocycles. The van der Waals surface area contributed by atoms with Gasteiger partial charge in [0.2, 0.25) is 0 Å². The van der Waals surface area contributed by atoms with Gasteiger partial charge in [0.1, 0.15) is 0 Å². The molecule has 66 valence electrons. The Morgan fingerprint density at radius 1 is 1.23 bits per heavy atom. The molecule has 0 saturated carbocycles. The minimum atomic E-state index is -1.15. The summed E-state index contributed by atoms with van der Waals surface area (Å²) in [6.07, 6.45) is 0. The zero-order chi connectivity index (χ0) is 9.84. The molecule has 0 spiro atoms. The van der Waals surface area contributed by atoms with Crippen LogP contribution in [0.2, 0.25) is 0 Å². The van der Waals surface area contributed by atoms with Gasteiger partial charge >= 0.3 is 5.97 Å². The number of aromatic carboxylic acids is 1. The molecule has 0 bridgehead atoms. The van der Waals surface area contributed by atoms with Crippen molar-refractivity contribution in [2.75, 3.05) is 0 Å². The number of nitrogens with one attached hydrogen (secondary N) is 1. The third kappa shape index (κ3) is 1.84. The van der Waals surface area contributed by atoms with Crippen LogP contribution in [0.15, 0.2) is 24.3 Å². The summed E-state index contributed by atoms with van der Waals surface area (Å²) in [6.45, 7) is 0. The number of carbonyl (C=O) groups is 2. The van der Waals surface area contributed by atoms with Crippen molar-refractivity contribution < 1.29 is 14.7 Å². The molecular weight excluding hydrogens is 170 g/mol. The van der Waals surface area contributed by atoms with Crippen LogP contribution < -0.4 is 5.32 Å². The maximum Gasteiger partial charge on any atom is 0.336 e. The van der Waals surface area contributed by atoms with Crippen molar-refractivity contribution in [2.45, 2.75) is 0 Å². The number of carboxylic acid groups (broad SMARTS) is 1. The van der Waals surface area contributed by atoms with Gasteiger partial charge in [0.25, 0.3) is 5.91 Å². The van der Waals surface area contributed by atoms with Crippen molar-refractivity contribution in [3.05, 3.63) is 42.4 Å². The highest BCUT2D eigenvalue weighted by molar-refractivity contribution is 6.04. The first-order valence-electron chi connectivity index (χ1n) is 3.50. The smallest absolute Gasteiger partial charge is 0.336 e. The van der Waals surface area contributed by atoms with E-state index >= 15 is 0 Å². The minimum absolute atomic E-state index is 0.0532. The molecule has 0 aliphatic rings. The van der Waals surface area contributed by atoms with E-state index in [2.05, 4.69) is 0 Å². The van der Waals surface area contributed by atoms with Gasteiger partial charge in [-0.1, -0.05) is 12.1 Å². The van der Waals surface area contributed by atoms with Gasteiger partial charge < -0.3 is 10.4 Å². The summed E-state index contributed by atoms with van der Waals surface area (Å²) in [5, 5.41) is 10.6. The molecule has 2 N–H and O–H groups in total. The number of hydrogen-bond acceptors (Lipinski definition) is 2. The lowest BCUT2D eigenvalue weighted by Gasteiger charge is -2.02. The molecule has 0 aliphatic carbocycles. The van der Waals surface area contributed by atoms with E-state index < -0.39 is 11.9 Å². The van der Waals surface area contributed by atoms with Crippen LogP contribution in [0.4, 0.5) is 0 Å². The quantitative estimate of drug-likeness (QED) is 0.656. The van der Waals surface area contributed by atoms with Gasteiger partial charge in [0.15, 0.2) is 0 Å². The zero-order valence-corrected chi connectivity index (χ0v) is 6.65. The average Bonchev–Trinajstić information content (AvgIpc) is 2.16. The molecular formula is C9H7NO3. The van der Waals surface area contributed by atoms with E-state index in [1.165, 1.54) is 18.2 Å². The van der Waals surface area contributed by atoms with Gasteiger partial charge in [0, 0.05) is 0 Å². The molecule has 0 aromatic heterocycles. The Morgan fingerprint density at radius 2 is 1.77 bits per heavy atom. The number of carboxylic acids is 1. The lowest BCUT2D eigenvalue weighted by atomic mass is 10.1. The summed E-state index contributed by atoms with van der Waals surface area (Å²) in [7, 11) is 4.88. The Morgan fingerprint density at radius 3 is 2.23 bits per heavy atom. The fourth-order valence-corrected chi connectivity index (χ4v) is 0.945. The fraction of sp³-hybridized carbons (Fsp3) is 0. The Kier molecular flexibility index (Phi) is 2.64. The molecule has 1 amide bonds. The number of benzene rings is 1. The Balaban J connectivity index is 3.19. The van der Waals surface area contributed by atoms with Gasteiger partial charge in [-0.3, -0.25) is 4.79 Å². The molecule has 1 aromatic rings. The normalized spacial score (nSPS) is 9.31. The minimum Gasteiger partial charge on any atom is -0.478 e. The van der Waals surface area contributed by atoms with Gasteiger partial charge in [-0.15, -0.1) is 0 Å². The van der Waals surface area contributed by atoms with Crippen LogP contribution in [0.3, 0.4) is 0 Å². The summed E-state index contributed by atoms with van der Waals surface area (Å²) in [5.41, 5.74) is -0.0112. The van der Waals surface area contributed by atoms with Gasteiger partial charge in [-0.25, -0.2) is 4.79 Å². The molecule has 2 radical (unpaired) electrons. The molecule has 0 saturated heterocycles. The van der Waals surface area contributed by atoms with Gasteiger partial charge in [-0.2, -0.15) is 0 Å². The molecule has 0 aliphatic heterocycles. The third-order valence-electron chi connectivity index (χ3n) is 1.53. The molecule has 0 atom stereocenters. The fourth-order valence-electron chi connectivity index (χ4n) is 0.945. The average molecular weight is 177 g/mol. The molecule has 0 unspecified atom stereocenters. The van der Waals surface area contributed by atoms with Crippen LogP contribution in [-0.4, -0.2) is 17.0 Å². The van der Waals surface area contributed by atoms with Crippen molar-refractivity contribution in [3.63, 3.8) is 0 Å². The van der Waals surface area contributed by atoms with Crippen LogP contribution >= 0.6 is 0 Å². The summed E-state index contributed by atoms with van der Waals surface area (Å²) >= 11 is 0. The van der Waals surface area contributed by atoms with Crippen LogP contribution in [0.1, 0.15) is 20.7 Å². The number of carbonyl (C=O) groups excluding carboxylic acids is 1. The number of amides is 1. The Hall–Kier alpha value is -1.84. The summed E-state index contributed by atoms with van der Waals surface area (Å²) < 4.78 is 0. The lowest BCUT2D eigenvalue weighted by molar-refractivity contribution is 0.0691. The zero-order valence-electron chi connectivity index (χ0n) is 6.65. The molecule has 4 nitrogen and oxygen atoms in total. The third-order valence-corrected chi connectivity index (χ3v) is 1.53. The molecule has 0 heterocycles. The monoisotopic (exact) mass is 177 g/mol. The summed E-state index contributed by atoms with van der Waals surface area (Å²) in [5.74, 6) is -1.77. The largest absolute Gasteiger partial charge is 0.478 e. The van der Waals surface area contributed by atoms with Crippen molar-refractivity contribution in [1.82, 2.24) is 5.32 Å².